The number of ether oxygens (including phenoxy) is 2. The summed E-state index contributed by atoms with van der Waals surface area (Å²) in [6.45, 7) is 4.33. The molecule has 0 saturated carbocycles. The maximum atomic E-state index is 10.6. The third-order valence-corrected chi connectivity index (χ3v) is 4.60. The molecule has 0 spiro atoms. The molecule has 2 aromatic rings. The first kappa shape index (κ1) is 14.4. The molecular weight excluding hydrogens is 332 g/mol. The molecule has 21 heavy (non-hydrogen) atoms. The molecule has 0 bridgehead atoms. The average Bonchev–Trinajstić information content (AvgIpc) is 2.50. The van der Waals surface area contributed by atoms with Crippen LogP contribution in [0.15, 0.2) is 40.9 Å². The topological polar surface area (TPSA) is 38.7 Å². The highest BCUT2D eigenvalue weighted by atomic mass is 79.9. The summed E-state index contributed by atoms with van der Waals surface area (Å²) >= 11 is 3.51. The first-order valence-electron chi connectivity index (χ1n) is 6.89. The Hall–Kier alpha value is -1.52. The van der Waals surface area contributed by atoms with E-state index in [4.69, 9.17) is 9.47 Å². The fourth-order valence-corrected chi connectivity index (χ4v) is 2.97. The third kappa shape index (κ3) is 2.78. The van der Waals surface area contributed by atoms with Crippen molar-refractivity contribution in [2.24, 2.45) is 0 Å². The number of para-hydroxylation sites is 2. The lowest BCUT2D eigenvalue weighted by Gasteiger charge is -2.30. The number of fused-ring (bicyclic) bond motifs is 1. The Morgan fingerprint density at radius 2 is 1.86 bits per heavy atom. The number of halogens is 1. The highest BCUT2D eigenvalue weighted by molar-refractivity contribution is 9.10. The maximum Gasteiger partial charge on any atom is 0.163 e. The second kappa shape index (κ2) is 5.70. The number of aliphatic hydroxyl groups is 1. The summed E-state index contributed by atoms with van der Waals surface area (Å²) < 4.78 is 12.6. The molecular formula is C17H17BrO3. The largest absolute Gasteiger partial charge is 0.486 e. The quantitative estimate of drug-likeness (QED) is 0.893. The van der Waals surface area contributed by atoms with Gasteiger partial charge in [0, 0.05) is 4.47 Å². The lowest BCUT2D eigenvalue weighted by atomic mass is 9.97. The van der Waals surface area contributed by atoms with Crippen molar-refractivity contribution in [2.75, 3.05) is 6.61 Å². The van der Waals surface area contributed by atoms with E-state index in [9.17, 15) is 5.11 Å². The molecule has 2 unspecified atom stereocenters. The summed E-state index contributed by atoms with van der Waals surface area (Å²) in [5.74, 6) is 1.41. The summed E-state index contributed by atoms with van der Waals surface area (Å²) in [5.41, 5.74) is 3.00. The molecule has 1 aliphatic heterocycles. The van der Waals surface area contributed by atoms with Gasteiger partial charge in [-0.05, 0) is 48.7 Å². The van der Waals surface area contributed by atoms with Gasteiger partial charge in [-0.1, -0.05) is 34.1 Å². The van der Waals surface area contributed by atoms with Crippen LogP contribution in [0.3, 0.4) is 0 Å². The highest BCUT2D eigenvalue weighted by Gasteiger charge is 2.29. The van der Waals surface area contributed by atoms with Crippen LogP contribution in [0, 0.1) is 13.8 Å². The Labute approximate surface area is 132 Å². The number of aliphatic hydroxyl groups excluding tert-OH is 1. The standard InChI is InChI=1S/C17H17BrO3/c1-10-8-13(18)11(2)7-12(10)17(19)16-9-20-14-5-3-4-6-15(14)21-16/h3-8,16-17,19H,9H2,1-2H3. The SMILES string of the molecule is Cc1cc(C(O)C2COc3ccccc3O2)c(C)cc1Br. The maximum absolute atomic E-state index is 10.6. The summed E-state index contributed by atoms with van der Waals surface area (Å²) in [5, 5.41) is 10.6. The van der Waals surface area contributed by atoms with Crippen molar-refractivity contribution in [2.45, 2.75) is 26.1 Å². The van der Waals surface area contributed by atoms with Gasteiger partial charge in [0.25, 0.3) is 0 Å². The van der Waals surface area contributed by atoms with E-state index in [2.05, 4.69) is 15.9 Å². The molecule has 0 saturated heterocycles. The Bertz CT molecular complexity index is 669. The van der Waals surface area contributed by atoms with Crippen LogP contribution in [-0.2, 0) is 0 Å². The number of hydrogen-bond donors (Lipinski definition) is 1. The van der Waals surface area contributed by atoms with Crippen LogP contribution in [0.25, 0.3) is 0 Å². The minimum atomic E-state index is -0.717. The minimum absolute atomic E-state index is 0.340. The fraction of sp³-hybridized carbons (Fsp3) is 0.294. The van der Waals surface area contributed by atoms with Crippen LogP contribution in [0.2, 0.25) is 0 Å². The van der Waals surface area contributed by atoms with Crippen molar-refractivity contribution >= 4 is 15.9 Å². The molecule has 1 N–H and O–H groups in total. The van der Waals surface area contributed by atoms with Gasteiger partial charge in [0.1, 0.15) is 12.7 Å². The lowest BCUT2D eigenvalue weighted by Crippen LogP contribution is -2.35. The van der Waals surface area contributed by atoms with E-state index < -0.39 is 12.2 Å². The molecule has 3 rings (SSSR count). The van der Waals surface area contributed by atoms with Crippen molar-refractivity contribution in [3.8, 4) is 11.5 Å². The van der Waals surface area contributed by atoms with Crippen LogP contribution in [0.5, 0.6) is 11.5 Å². The molecule has 0 fully saturated rings. The van der Waals surface area contributed by atoms with E-state index in [1.807, 2.05) is 50.2 Å². The average molecular weight is 349 g/mol. The fourth-order valence-electron chi connectivity index (χ4n) is 2.51. The molecule has 0 aliphatic carbocycles. The molecule has 0 radical (unpaired) electrons. The summed E-state index contributed by atoms with van der Waals surface area (Å²) in [7, 11) is 0. The van der Waals surface area contributed by atoms with E-state index in [1.54, 1.807) is 0 Å². The van der Waals surface area contributed by atoms with Crippen LogP contribution in [-0.4, -0.2) is 17.8 Å². The predicted octanol–water partition coefficient (Wildman–Crippen LogP) is 3.94. The minimum Gasteiger partial charge on any atom is -0.486 e. The molecule has 4 heteroatoms. The summed E-state index contributed by atoms with van der Waals surface area (Å²) in [6.07, 6.45) is -1.12. The number of rotatable bonds is 2. The van der Waals surface area contributed by atoms with Gasteiger partial charge in [-0.15, -0.1) is 0 Å². The molecule has 0 amide bonds. The number of benzene rings is 2. The lowest BCUT2D eigenvalue weighted by molar-refractivity contribution is -0.0116. The molecule has 1 heterocycles. The Morgan fingerprint density at radius 3 is 2.62 bits per heavy atom. The number of hydrogen-bond acceptors (Lipinski definition) is 3. The van der Waals surface area contributed by atoms with E-state index in [0.717, 1.165) is 26.9 Å². The zero-order valence-corrected chi connectivity index (χ0v) is 13.6. The van der Waals surface area contributed by atoms with Crippen molar-refractivity contribution in [1.29, 1.82) is 0 Å². The van der Waals surface area contributed by atoms with Crippen molar-refractivity contribution in [3.05, 3.63) is 57.6 Å². The molecule has 2 atom stereocenters. The predicted molar refractivity (Wildman–Crippen MR) is 84.9 cm³/mol. The van der Waals surface area contributed by atoms with Crippen molar-refractivity contribution in [1.82, 2.24) is 0 Å². The summed E-state index contributed by atoms with van der Waals surface area (Å²) in [6, 6.07) is 11.5. The molecule has 3 nitrogen and oxygen atoms in total. The normalized spacial score (nSPS) is 18.4. The zero-order chi connectivity index (χ0) is 15.0. The second-order valence-corrected chi connectivity index (χ2v) is 6.17. The molecule has 2 aromatic carbocycles. The van der Waals surface area contributed by atoms with Gasteiger partial charge in [0.15, 0.2) is 17.6 Å². The van der Waals surface area contributed by atoms with Crippen LogP contribution >= 0.6 is 15.9 Å². The van der Waals surface area contributed by atoms with E-state index >= 15 is 0 Å². The van der Waals surface area contributed by atoms with Crippen LogP contribution < -0.4 is 9.47 Å². The third-order valence-electron chi connectivity index (χ3n) is 3.75. The van der Waals surface area contributed by atoms with Gasteiger partial charge in [0.2, 0.25) is 0 Å². The van der Waals surface area contributed by atoms with E-state index in [0.29, 0.717) is 12.4 Å². The number of aryl methyl sites for hydroxylation is 2. The Balaban J connectivity index is 1.87. The van der Waals surface area contributed by atoms with Crippen molar-refractivity contribution < 1.29 is 14.6 Å². The Morgan fingerprint density at radius 1 is 1.14 bits per heavy atom. The molecule has 110 valence electrons. The van der Waals surface area contributed by atoms with E-state index in [1.165, 1.54) is 0 Å². The zero-order valence-electron chi connectivity index (χ0n) is 12.0. The van der Waals surface area contributed by atoms with Gasteiger partial charge >= 0.3 is 0 Å². The van der Waals surface area contributed by atoms with Crippen molar-refractivity contribution in [3.63, 3.8) is 0 Å². The van der Waals surface area contributed by atoms with Gasteiger partial charge in [-0.2, -0.15) is 0 Å². The van der Waals surface area contributed by atoms with Gasteiger partial charge < -0.3 is 14.6 Å². The van der Waals surface area contributed by atoms with E-state index in [-0.39, 0.29) is 0 Å². The van der Waals surface area contributed by atoms with Gasteiger partial charge in [-0.25, -0.2) is 0 Å². The van der Waals surface area contributed by atoms with Crippen LogP contribution in [0.4, 0.5) is 0 Å². The van der Waals surface area contributed by atoms with Crippen LogP contribution in [0.1, 0.15) is 22.8 Å². The molecule has 0 aromatic heterocycles. The first-order chi connectivity index (χ1) is 10.1. The summed E-state index contributed by atoms with van der Waals surface area (Å²) in [4.78, 5) is 0. The molecule has 1 aliphatic rings. The monoisotopic (exact) mass is 348 g/mol. The Kier molecular flexibility index (Phi) is 3.91. The van der Waals surface area contributed by atoms with Gasteiger partial charge in [0.05, 0.1) is 0 Å². The highest BCUT2D eigenvalue weighted by Crippen LogP contribution is 2.35. The first-order valence-corrected chi connectivity index (χ1v) is 7.69. The second-order valence-electron chi connectivity index (χ2n) is 5.32. The smallest absolute Gasteiger partial charge is 0.163 e. The van der Waals surface area contributed by atoms with Gasteiger partial charge in [-0.3, -0.25) is 0 Å².